The van der Waals surface area contributed by atoms with Crippen LogP contribution in [0.4, 0.5) is 0 Å². The smallest absolute Gasteiger partial charge is 0.311 e. The summed E-state index contributed by atoms with van der Waals surface area (Å²) in [4.78, 5) is 35.4. The minimum atomic E-state index is -0.901. The topological polar surface area (TPSA) is 112 Å². The maximum Gasteiger partial charge on any atom is 0.311 e. The first-order chi connectivity index (χ1) is 14.9. The van der Waals surface area contributed by atoms with E-state index >= 15 is 0 Å². The summed E-state index contributed by atoms with van der Waals surface area (Å²) in [5.74, 6) is -0.626. The number of rotatable bonds is 9. The Labute approximate surface area is 178 Å². The zero-order valence-electron chi connectivity index (χ0n) is 17.2. The Hall–Kier alpha value is -3.81. The number of carboxylic acid groups (broad SMARTS) is 1. The Morgan fingerprint density at radius 2 is 1.71 bits per heavy atom. The van der Waals surface area contributed by atoms with Crippen LogP contribution in [0.5, 0.6) is 17.2 Å². The molecule has 0 bridgehead atoms. The number of carboxylic acids is 1. The Bertz CT molecular complexity index is 1160. The van der Waals surface area contributed by atoms with Gasteiger partial charge in [0, 0.05) is 18.4 Å². The number of hydrogen-bond donors (Lipinski definition) is 1. The van der Waals surface area contributed by atoms with Crippen LogP contribution in [0, 0.1) is 0 Å². The first-order valence-electron chi connectivity index (χ1n) is 9.65. The fourth-order valence-electron chi connectivity index (χ4n) is 3.11. The van der Waals surface area contributed by atoms with Crippen LogP contribution < -0.4 is 19.6 Å². The molecule has 0 amide bonds. The van der Waals surface area contributed by atoms with Gasteiger partial charge in [-0.25, -0.2) is 0 Å². The van der Waals surface area contributed by atoms with E-state index in [1.807, 2.05) is 0 Å². The normalized spacial score (nSPS) is 10.6. The predicted octanol–water partition coefficient (Wildman–Crippen LogP) is 4.03. The molecule has 8 heteroatoms. The van der Waals surface area contributed by atoms with Crippen molar-refractivity contribution in [2.24, 2.45) is 0 Å². The lowest BCUT2D eigenvalue weighted by Crippen LogP contribution is -2.09. The Balaban J connectivity index is 1.87. The minimum Gasteiger partial charge on any atom is -0.493 e. The number of methoxy groups -OCH3 is 2. The third-order valence-corrected chi connectivity index (χ3v) is 4.63. The molecule has 162 valence electrons. The molecule has 3 rings (SSSR count). The van der Waals surface area contributed by atoms with Gasteiger partial charge in [0.1, 0.15) is 5.58 Å². The van der Waals surface area contributed by atoms with Gasteiger partial charge in [0.25, 0.3) is 0 Å². The van der Waals surface area contributed by atoms with Crippen LogP contribution in [-0.2, 0) is 9.59 Å². The van der Waals surface area contributed by atoms with Crippen LogP contribution in [0.1, 0.15) is 25.7 Å². The zero-order chi connectivity index (χ0) is 22.4. The van der Waals surface area contributed by atoms with E-state index in [0.717, 1.165) is 0 Å². The van der Waals surface area contributed by atoms with Crippen molar-refractivity contribution >= 4 is 22.9 Å². The summed E-state index contributed by atoms with van der Waals surface area (Å²) in [6, 6.07) is 11.6. The molecule has 1 heterocycles. The molecule has 0 atom stereocenters. The van der Waals surface area contributed by atoms with Gasteiger partial charge >= 0.3 is 11.9 Å². The van der Waals surface area contributed by atoms with Gasteiger partial charge in [0.2, 0.25) is 11.2 Å². The SMILES string of the molecule is COc1cc(-c2oc3ccccc3c(=O)c2OC)ccc1OC(=O)CCCCC(=O)O. The van der Waals surface area contributed by atoms with Gasteiger partial charge in [-0.15, -0.1) is 0 Å². The lowest BCUT2D eigenvalue weighted by atomic mass is 10.1. The molecule has 2 aromatic carbocycles. The van der Waals surface area contributed by atoms with Crippen LogP contribution in [0.3, 0.4) is 0 Å². The standard InChI is InChI=1S/C23H22O8/c1-28-18-13-14(11-12-17(18)30-20(26)10-6-5-9-19(24)25)22-23(29-2)21(27)15-7-3-4-8-16(15)31-22/h3-4,7-8,11-13H,5-6,9-10H2,1-2H3,(H,24,25). The maximum absolute atomic E-state index is 12.8. The molecule has 8 nitrogen and oxygen atoms in total. The highest BCUT2D eigenvalue weighted by Crippen LogP contribution is 2.36. The van der Waals surface area contributed by atoms with Gasteiger partial charge in [0.05, 0.1) is 19.6 Å². The molecule has 3 aromatic rings. The molecule has 0 spiro atoms. The minimum absolute atomic E-state index is 0.00406. The first-order valence-corrected chi connectivity index (χ1v) is 9.65. The van der Waals surface area contributed by atoms with Crippen molar-refractivity contribution in [3.8, 4) is 28.6 Å². The molecule has 1 aromatic heterocycles. The number of benzene rings is 2. The van der Waals surface area contributed by atoms with E-state index in [9.17, 15) is 14.4 Å². The van der Waals surface area contributed by atoms with Crippen molar-refractivity contribution in [3.05, 3.63) is 52.7 Å². The van der Waals surface area contributed by atoms with Gasteiger partial charge in [-0.1, -0.05) is 12.1 Å². The highest BCUT2D eigenvalue weighted by molar-refractivity contribution is 5.82. The second-order valence-corrected chi connectivity index (χ2v) is 6.73. The summed E-state index contributed by atoms with van der Waals surface area (Å²) in [6.45, 7) is 0. The number of fused-ring (bicyclic) bond motifs is 1. The van der Waals surface area contributed by atoms with Crippen LogP contribution in [0.2, 0.25) is 0 Å². The number of esters is 1. The Kier molecular flexibility index (Phi) is 6.92. The maximum atomic E-state index is 12.8. The molecular formula is C23H22O8. The molecule has 0 fully saturated rings. The third kappa shape index (κ3) is 5.03. The molecule has 31 heavy (non-hydrogen) atoms. The average molecular weight is 426 g/mol. The molecule has 0 saturated heterocycles. The summed E-state index contributed by atoms with van der Waals surface area (Å²) in [5, 5.41) is 9.05. The van der Waals surface area contributed by atoms with Gasteiger partial charge in [-0.3, -0.25) is 14.4 Å². The van der Waals surface area contributed by atoms with Crippen molar-refractivity contribution in [2.75, 3.05) is 14.2 Å². The van der Waals surface area contributed by atoms with E-state index in [1.54, 1.807) is 36.4 Å². The van der Waals surface area contributed by atoms with E-state index in [-0.39, 0.29) is 41.3 Å². The molecule has 0 aliphatic rings. The van der Waals surface area contributed by atoms with Gasteiger partial charge in [-0.05, 0) is 43.2 Å². The third-order valence-electron chi connectivity index (χ3n) is 4.63. The van der Waals surface area contributed by atoms with Gasteiger partial charge in [-0.2, -0.15) is 0 Å². The van der Waals surface area contributed by atoms with E-state index in [2.05, 4.69) is 0 Å². The van der Waals surface area contributed by atoms with Crippen molar-refractivity contribution in [1.82, 2.24) is 0 Å². The second-order valence-electron chi connectivity index (χ2n) is 6.73. The largest absolute Gasteiger partial charge is 0.493 e. The monoisotopic (exact) mass is 426 g/mol. The number of ether oxygens (including phenoxy) is 3. The fraction of sp³-hybridized carbons (Fsp3) is 0.261. The molecular weight excluding hydrogens is 404 g/mol. The van der Waals surface area contributed by atoms with Crippen LogP contribution >= 0.6 is 0 Å². The molecule has 0 unspecified atom stereocenters. The lowest BCUT2D eigenvalue weighted by Gasteiger charge is -2.13. The second kappa shape index (κ2) is 9.80. The molecule has 1 N–H and O–H groups in total. The van der Waals surface area contributed by atoms with E-state index < -0.39 is 11.9 Å². The highest BCUT2D eigenvalue weighted by atomic mass is 16.6. The van der Waals surface area contributed by atoms with Crippen LogP contribution in [0.15, 0.2) is 51.7 Å². The van der Waals surface area contributed by atoms with E-state index in [4.69, 9.17) is 23.7 Å². The summed E-state index contributed by atoms with van der Waals surface area (Å²) >= 11 is 0. The molecule has 0 saturated carbocycles. The Morgan fingerprint density at radius 3 is 2.42 bits per heavy atom. The fourth-order valence-corrected chi connectivity index (χ4v) is 3.11. The van der Waals surface area contributed by atoms with Gasteiger partial charge in [0.15, 0.2) is 17.3 Å². The predicted molar refractivity (Wildman–Crippen MR) is 113 cm³/mol. The van der Waals surface area contributed by atoms with Crippen molar-refractivity contribution < 1.29 is 33.3 Å². The number of para-hydroxylation sites is 1. The average Bonchev–Trinajstić information content (AvgIpc) is 2.77. The number of carbonyl (C=O) groups excluding carboxylic acids is 1. The van der Waals surface area contributed by atoms with Crippen molar-refractivity contribution in [2.45, 2.75) is 25.7 Å². The summed E-state index contributed by atoms with van der Waals surface area (Å²) in [7, 11) is 2.82. The van der Waals surface area contributed by atoms with Crippen molar-refractivity contribution in [3.63, 3.8) is 0 Å². The summed E-state index contributed by atoms with van der Waals surface area (Å²) in [6.07, 6.45) is 0.891. The summed E-state index contributed by atoms with van der Waals surface area (Å²) in [5.41, 5.74) is 0.632. The van der Waals surface area contributed by atoms with Crippen LogP contribution in [-0.4, -0.2) is 31.3 Å². The quantitative estimate of drug-likeness (QED) is 0.310. The Morgan fingerprint density at radius 1 is 0.968 bits per heavy atom. The molecule has 0 radical (unpaired) electrons. The number of hydrogen-bond acceptors (Lipinski definition) is 7. The number of unbranched alkanes of at least 4 members (excludes halogenated alkanes) is 1. The number of carbonyl (C=O) groups is 2. The lowest BCUT2D eigenvalue weighted by molar-refractivity contribution is -0.138. The molecule has 0 aliphatic carbocycles. The van der Waals surface area contributed by atoms with E-state index in [0.29, 0.717) is 29.4 Å². The zero-order valence-corrected chi connectivity index (χ0v) is 17.2. The van der Waals surface area contributed by atoms with E-state index in [1.165, 1.54) is 20.3 Å². The summed E-state index contributed by atoms with van der Waals surface area (Å²) < 4.78 is 21.9. The highest BCUT2D eigenvalue weighted by Gasteiger charge is 2.19. The molecule has 0 aliphatic heterocycles. The van der Waals surface area contributed by atoms with Crippen molar-refractivity contribution in [1.29, 1.82) is 0 Å². The van der Waals surface area contributed by atoms with Crippen LogP contribution in [0.25, 0.3) is 22.3 Å². The number of aliphatic carboxylic acids is 1. The first kappa shape index (κ1) is 21.9. The van der Waals surface area contributed by atoms with Gasteiger partial charge < -0.3 is 23.7 Å².